The van der Waals surface area contributed by atoms with Crippen molar-refractivity contribution < 1.29 is 18.9 Å². The maximum absolute atomic E-state index is 12.3. The standard InChI is InChI=1S/C14H13Br2NO5/c1-14(2,3)22-13(18)12-9(6-15)8-4-7(16)5-10(17(19)20)11(8)21-12/h4-5H,6H2,1-3H3. The number of nitro benzene ring substituents is 1. The number of furan rings is 1. The van der Waals surface area contributed by atoms with E-state index in [9.17, 15) is 14.9 Å². The summed E-state index contributed by atoms with van der Waals surface area (Å²) in [7, 11) is 0. The molecule has 8 heteroatoms. The molecule has 0 bridgehead atoms. The second-order valence-electron chi connectivity index (χ2n) is 5.60. The summed E-state index contributed by atoms with van der Waals surface area (Å²) < 4.78 is 11.3. The van der Waals surface area contributed by atoms with E-state index in [1.54, 1.807) is 26.8 Å². The lowest BCUT2D eigenvalue weighted by molar-refractivity contribution is -0.383. The lowest BCUT2D eigenvalue weighted by Gasteiger charge is -2.18. The van der Waals surface area contributed by atoms with Crippen LogP contribution in [0.4, 0.5) is 5.69 Å². The van der Waals surface area contributed by atoms with Crippen molar-refractivity contribution in [1.29, 1.82) is 0 Å². The summed E-state index contributed by atoms with van der Waals surface area (Å²) in [5.74, 6) is -0.674. The smallest absolute Gasteiger partial charge is 0.375 e. The largest absolute Gasteiger partial charge is 0.454 e. The van der Waals surface area contributed by atoms with Crippen molar-refractivity contribution >= 4 is 54.5 Å². The van der Waals surface area contributed by atoms with Crippen LogP contribution < -0.4 is 0 Å². The van der Waals surface area contributed by atoms with Crippen molar-refractivity contribution in [2.24, 2.45) is 0 Å². The molecule has 118 valence electrons. The highest BCUT2D eigenvalue weighted by Crippen LogP contribution is 2.37. The van der Waals surface area contributed by atoms with E-state index in [-0.39, 0.29) is 17.0 Å². The van der Waals surface area contributed by atoms with Gasteiger partial charge in [0, 0.05) is 26.8 Å². The number of rotatable bonds is 3. The highest BCUT2D eigenvalue weighted by molar-refractivity contribution is 9.10. The van der Waals surface area contributed by atoms with Gasteiger partial charge in [-0.2, -0.15) is 0 Å². The zero-order valence-corrected chi connectivity index (χ0v) is 15.3. The van der Waals surface area contributed by atoms with Gasteiger partial charge in [0.1, 0.15) is 5.60 Å². The minimum atomic E-state index is -0.688. The Morgan fingerprint density at radius 2 is 2.05 bits per heavy atom. The van der Waals surface area contributed by atoms with E-state index >= 15 is 0 Å². The molecule has 1 heterocycles. The quantitative estimate of drug-likeness (QED) is 0.295. The molecule has 0 amide bonds. The molecule has 1 aromatic carbocycles. The summed E-state index contributed by atoms with van der Waals surface area (Å²) >= 11 is 6.52. The summed E-state index contributed by atoms with van der Waals surface area (Å²) in [6.45, 7) is 5.21. The number of hydrogen-bond acceptors (Lipinski definition) is 5. The molecule has 0 aliphatic carbocycles. The van der Waals surface area contributed by atoms with Gasteiger partial charge in [-0.1, -0.05) is 31.9 Å². The van der Waals surface area contributed by atoms with Crippen LogP contribution in [0.5, 0.6) is 0 Å². The molecular formula is C14H13Br2NO5. The first-order valence-corrected chi connectivity index (χ1v) is 8.24. The molecule has 0 fully saturated rings. The number of alkyl halides is 1. The number of non-ortho nitro benzene ring substituents is 1. The van der Waals surface area contributed by atoms with Crippen LogP contribution in [0.15, 0.2) is 21.0 Å². The van der Waals surface area contributed by atoms with Gasteiger partial charge in [-0.05, 0) is 26.8 Å². The topological polar surface area (TPSA) is 82.6 Å². The molecule has 0 spiro atoms. The maximum Gasteiger partial charge on any atom is 0.375 e. The minimum absolute atomic E-state index is 0.0250. The highest BCUT2D eigenvalue weighted by atomic mass is 79.9. The number of nitrogens with zero attached hydrogens (tertiary/aromatic N) is 1. The Hall–Kier alpha value is -1.41. The molecule has 0 saturated carbocycles. The fraction of sp³-hybridized carbons (Fsp3) is 0.357. The van der Waals surface area contributed by atoms with Crippen LogP contribution in [0.25, 0.3) is 11.0 Å². The molecule has 0 aliphatic rings. The molecule has 0 atom stereocenters. The molecule has 2 rings (SSSR count). The third-order valence-corrected chi connectivity index (χ3v) is 3.77. The zero-order chi connectivity index (χ0) is 16.7. The number of fused-ring (bicyclic) bond motifs is 1. The summed E-state index contributed by atoms with van der Waals surface area (Å²) in [4.78, 5) is 22.9. The van der Waals surface area contributed by atoms with Crippen molar-refractivity contribution in [3.05, 3.63) is 38.0 Å². The van der Waals surface area contributed by atoms with Crippen LogP contribution in [-0.2, 0) is 10.1 Å². The van der Waals surface area contributed by atoms with Crippen LogP contribution in [0.2, 0.25) is 0 Å². The number of hydrogen-bond donors (Lipinski definition) is 0. The Morgan fingerprint density at radius 3 is 2.55 bits per heavy atom. The average molecular weight is 435 g/mol. The molecule has 0 saturated heterocycles. The predicted molar refractivity (Wildman–Crippen MR) is 88.4 cm³/mol. The number of nitro groups is 1. The number of carbonyl (C=O) groups is 1. The van der Waals surface area contributed by atoms with E-state index < -0.39 is 16.5 Å². The van der Waals surface area contributed by atoms with E-state index in [0.717, 1.165) is 0 Å². The number of ether oxygens (including phenoxy) is 1. The van der Waals surface area contributed by atoms with Gasteiger partial charge in [-0.3, -0.25) is 10.1 Å². The van der Waals surface area contributed by atoms with Crippen LogP contribution in [0.3, 0.4) is 0 Å². The Balaban J connectivity index is 2.69. The third-order valence-electron chi connectivity index (χ3n) is 2.75. The Labute approximate surface area is 143 Å². The van der Waals surface area contributed by atoms with Crippen molar-refractivity contribution in [1.82, 2.24) is 0 Å². The van der Waals surface area contributed by atoms with Gasteiger partial charge >= 0.3 is 11.7 Å². The van der Waals surface area contributed by atoms with E-state index in [1.807, 2.05) is 0 Å². The summed E-state index contributed by atoms with van der Waals surface area (Å²) in [5, 5.41) is 12.0. The minimum Gasteiger partial charge on any atom is -0.454 e. The number of esters is 1. The van der Waals surface area contributed by atoms with E-state index in [0.29, 0.717) is 20.8 Å². The highest BCUT2D eigenvalue weighted by Gasteiger charge is 2.29. The molecule has 0 N–H and O–H groups in total. The van der Waals surface area contributed by atoms with E-state index in [4.69, 9.17) is 9.15 Å². The lowest BCUT2D eigenvalue weighted by Crippen LogP contribution is -2.24. The number of benzene rings is 1. The van der Waals surface area contributed by atoms with Crippen LogP contribution >= 0.6 is 31.9 Å². The van der Waals surface area contributed by atoms with Gasteiger partial charge in [0.05, 0.1) is 4.92 Å². The first kappa shape index (κ1) is 17.0. The Kier molecular flexibility index (Phi) is 4.62. The lowest BCUT2D eigenvalue weighted by atomic mass is 10.1. The van der Waals surface area contributed by atoms with Crippen LogP contribution in [0.1, 0.15) is 36.9 Å². The fourth-order valence-electron chi connectivity index (χ4n) is 1.95. The van der Waals surface area contributed by atoms with Gasteiger partial charge in [0.15, 0.2) is 0 Å². The van der Waals surface area contributed by atoms with Crippen molar-refractivity contribution in [2.75, 3.05) is 0 Å². The maximum atomic E-state index is 12.3. The summed E-state index contributed by atoms with van der Waals surface area (Å²) in [5.41, 5.74) is -0.315. The molecule has 2 aromatic rings. The molecule has 0 aliphatic heterocycles. The Bertz CT molecular complexity index is 761. The van der Waals surface area contributed by atoms with Crippen molar-refractivity contribution in [3.63, 3.8) is 0 Å². The van der Waals surface area contributed by atoms with E-state index in [2.05, 4.69) is 31.9 Å². The monoisotopic (exact) mass is 433 g/mol. The van der Waals surface area contributed by atoms with Crippen LogP contribution in [-0.4, -0.2) is 16.5 Å². The van der Waals surface area contributed by atoms with Gasteiger partial charge in [0.2, 0.25) is 11.3 Å². The van der Waals surface area contributed by atoms with Crippen LogP contribution in [0, 0.1) is 10.1 Å². The fourth-order valence-corrected chi connectivity index (χ4v) is 2.96. The number of halogens is 2. The van der Waals surface area contributed by atoms with Gasteiger partial charge in [-0.25, -0.2) is 4.79 Å². The Morgan fingerprint density at radius 1 is 1.41 bits per heavy atom. The molecule has 6 nitrogen and oxygen atoms in total. The van der Waals surface area contributed by atoms with Crippen molar-refractivity contribution in [2.45, 2.75) is 31.7 Å². The second-order valence-corrected chi connectivity index (χ2v) is 7.08. The predicted octanol–water partition coefficient (Wildman–Crippen LogP) is 4.95. The third kappa shape index (κ3) is 3.33. The zero-order valence-electron chi connectivity index (χ0n) is 12.1. The van der Waals surface area contributed by atoms with Gasteiger partial charge in [0.25, 0.3) is 0 Å². The summed E-state index contributed by atoms with van der Waals surface area (Å²) in [6.07, 6.45) is 0. The molecule has 0 radical (unpaired) electrons. The SMILES string of the molecule is CC(C)(C)OC(=O)c1oc2c([N+](=O)[O-])cc(Br)cc2c1CBr. The van der Waals surface area contributed by atoms with Crippen molar-refractivity contribution in [3.8, 4) is 0 Å². The molecule has 1 aromatic heterocycles. The first-order chi connectivity index (χ1) is 10.1. The average Bonchev–Trinajstić information content (AvgIpc) is 2.73. The van der Waals surface area contributed by atoms with Gasteiger partial charge in [-0.15, -0.1) is 0 Å². The number of carbonyl (C=O) groups excluding carboxylic acids is 1. The molecule has 22 heavy (non-hydrogen) atoms. The molecular weight excluding hydrogens is 422 g/mol. The summed E-state index contributed by atoms with van der Waals surface area (Å²) in [6, 6.07) is 3.01. The first-order valence-electron chi connectivity index (χ1n) is 6.32. The van der Waals surface area contributed by atoms with E-state index in [1.165, 1.54) is 6.07 Å². The molecule has 0 unspecified atom stereocenters. The van der Waals surface area contributed by atoms with Gasteiger partial charge < -0.3 is 9.15 Å². The normalized spacial score (nSPS) is 11.7. The second kappa shape index (κ2) is 6.00.